The van der Waals surface area contributed by atoms with Crippen molar-refractivity contribution in [3.63, 3.8) is 0 Å². The highest BCUT2D eigenvalue weighted by Crippen LogP contribution is 2.33. The smallest absolute Gasteiger partial charge is 0.321 e. The summed E-state index contributed by atoms with van der Waals surface area (Å²) in [6.45, 7) is 4.52. The van der Waals surface area contributed by atoms with Gasteiger partial charge in [-0.2, -0.15) is 0 Å². The molecule has 0 spiro atoms. The molecule has 3 aromatic rings. The van der Waals surface area contributed by atoms with Crippen LogP contribution >= 0.6 is 27.3 Å². The van der Waals surface area contributed by atoms with E-state index in [9.17, 15) is 4.79 Å². The second kappa shape index (κ2) is 8.66. The number of ether oxygens (including phenoxy) is 1. The van der Waals surface area contributed by atoms with E-state index in [2.05, 4.69) is 67.5 Å². The van der Waals surface area contributed by atoms with E-state index in [1.807, 2.05) is 17.5 Å². The number of benzene rings is 1. The number of nitrogens with zero attached hydrogens (tertiary/aromatic N) is 3. The third kappa shape index (κ3) is 4.85. The molecule has 28 heavy (non-hydrogen) atoms. The normalized spacial score (nSPS) is 11.1. The molecule has 0 fully saturated rings. The van der Waals surface area contributed by atoms with Gasteiger partial charge in [-0.1, -0.05) is 41.9 Å². The van der Waals surface area contributed by atoms with Crippen LogP contribution < -0.4 is 15.4 Å². The molecular formula is C19H20BrN5O2S. The minimum atomic E-state index is -0.335. The molecule has 0 saturated heterocycles. The summed E-state index contributed by atoms with van der Waals surface area (Å²) in [6.07, 6.45) is 3.21. The van der Waals surface area contributed by atoms with Crippen LogP contribution in [0.15, 0.2) is 46.5 Å². The lowest BCUT2D eigenvalue weighted by Crippen LogP contribution is -2.28. The summed E-state index contributed by atoms with van der Waals surface area (Å²) in [5.41, 5.74) is 2.55. The molecule has 3 rings (SSSR count). The van der Waals surface area contributed by atoms with Gasteiger partial charge in [0.1, 0.15) is 0 Å². The van der Waals surface area contributed by atoms with Gasteiger partial charge in [0.05, 0.1) is 12.8 Å². The van der Waals surface area contributed by atoms with Crippen LogP contribution in [-0.4, -0.2) is 28.1 Å². The fraction of sp³-hybridized carbons (Fsp3) is 0.263. The van der Waals surface area contributed by atoms with Crippen LogP contribution in [0.4, 0.5) is 9.93 Å². The lowest BCUT2D eigenvalue weighted by atomic mass is 9.82. The quantitative estimate of drug-likeness (QED) is 0.569. The summed E-state index contributed by atoms with van der Waals surface area (Å²) < 4.78 is 5.94. The Morgan fingerprint density at radius 1 is 1.21 bits per heavy atom. The van der Waals surface area contributed by atoms with Crippen LogP contribution in [-0.2, 0) is 12.0 Å². The summed E-state index contributed by atoms with van der Waals surface area (Å²) in [5.74, 6) is 0. The number of amides is 2. The average Bonchev–Trinajstić information content (AvgIpc) is 3.16. The first-order valence-corrected chi connectivity index (χ1v) is 10.2. The van der Waals surface area contributed by atoms with Crippen LogP contribution in [0.3, 0.4) is 0 Å². The number of nitrogens with one attached hydrogen (secondary N) is 2. The first kappa shape index (κ1) is 20.2. The van der Waals surface area contributed by atoms with E-state index < -0.39 is 0 Å². The predicted octanol–water partition coefficient (Wildman–Crippen LogP) is 4.35. The third-order valence-corrected chi connectivity index (χ3v) is 5.53. The highest BCUT2D eigenvalue weighted by molar-refractivity contribution is 9.10. The summed E-state index contributed by atoms with van der Waals surface area (Å²) >= 11 is 4.85. The van der Waals surface area contributed by atoms with E-state index in [0.717, 1.165) is 21.3 Å². The summed E-state index contributed by atoms with van der Waals surface area (Å²) in [6, 6.07) is 8.12. The Morgan fingerprint density at radius 3 is 2.54 bits per heavy atom. The number of carbonyl (C=O) groups is 1. The van der Waals surface area contributed by atoms with Crippen molar-refractivity contribution in [2.24, 2.45) is 0 Å². The monoisotopic (exact) mass is 461 g/mol. The Balaban J connectivity index is 1.60. The lowest BCUT2D eigenvalue weighted by Gasteiger charge is -2.23. The molecule has 7 nitrogen and oxygen atoms in total. The maximum absolute atomic E-state index is 12.1. The number of anilines is 1. The third-order valence-electron chi connectivity index (χ3n) is 4.25. The van der Waals surface area contributed by atoms with Crippen molar-refractivity contribution in [2.45, 2.75) is 25.8 Å². The summed E-state index contributed by atoms with van der Waals surface area (Å²) in [5, 5.41) is 8.05. The second-order valence-corrected chi connectivity index (χ2v) is 8.33. The van der Waals surface area contributed by atoms with Crippen molar-refractivity contribution in [3.8, 4) is 6.01 Å². The summed E-state index contributed by atoms with van der Waals surface area (Å²) in [7, 11) is 1.50. The van der Waals surface area contributed by atoms with Gasteiger partial charge in [-0.05, 0) is 17.7 Å². The largest absolute Gasteiger partial charge is 0.467 e. The van der Waals surface area contributed by atoms with Gasteiger partial charge in [0.2, 0.25) is 0 Å². The average molecular weight is 462 g/mol. The van der Waals surface area contributed by atoms with E-state index in [-0.39, 0.29) is 17.5 Å². The molecule has 146 valence electrons. The highest BCUT2D eigenvalue weighted by Gasteiger charge is 2.26. The van der Waals surface area contributed by atoms with E-state index in [4.69, 9.17) is 4.74 Å². The van der Waals surface area contributed by atoms with Gasteiger partial charge in [-0.3, -0.25) is 5.32 Å². The predicted molar refractivity (Wildman–Crippen MR) is 113 cm³/mol. The van der Waals surface area contributed by atoms with Gasteiger partial charge < -0.3 is 10.1 Å². The minimum absolute atomic E-state index is 0.270. The Morgan fingerprint density at radius 2 is 1.89 bits per heavy atom. The summed E-state index contributed by atoms with van der Waals surface area (Å²) in [4.78, 5) is 24.8. The molecule has 9 heteroatoms. The number of hydrogen-bond donors (Lipinski definition) is 2. The molecule has 0 aliphatic heterocycles. The molecule has 0 atom stereocenters. The van der Waals surface area contributed by atoms with Crippen molar-refractivity contribution in [3.05, 3.63) is 63.3 Å². The number of methoxy groups -OCH3 is 1. The molecule has 0 unspecified atom stereocenters. The molecule has 0 aliphatic rings. The maximum Gasteiger partial charge on any atom is 0.321 e. The van der Waals surface area contributed by atoms with Crippen LogP contribution in [0.5, 0.6) is 6.01 Å². The molecule has 0 aliphatic carbocycles. The van der Waals surface area contributed by atoms with Crippen LogP contribution in [0.1, 0.15) is 30.7 Å². The Hall–Kier alpha value is -2.52. The van der Waals surface area contributed by atoms with E-state index in [0.29, 0.717) is 11.7 Å². The van der Waals surface area contributed by atoms with Gasteiger partial charge >= 0.3 is 12.0 Å². The highest BCUT2D eigenvalue weighted by atomic mass is 79.9. The molecule has 1 aromatic carbocycles. The number of rotatable bonds is 6. The molecule has 2 heterocycles. The topological polar surface area (TPSA) is 89.0 Å². The van der Waals surface area contributed by atoms with Crippen LogP contribution in [0.2, 0.25) is 0 Å². The zero-order valence-electron chi connectivity index (χ0n) is 15.7. The molecular weight excluding hydrogens is 442 g/mol. The zero-order chi connectivity index (χ0) is 20.1. The number of urea groups is 1. The lowest BCUT2D eigenvalue weighted by molar-refractivity contribution is 0.251. The number of thiazole rings is 1. The molecule has 2 aromatic heterocycles. The van der Waals surface area contributed by atoms with Crippen LogP contribution in [0, 0.1) is 0 Å². The van der Waals surface area contributed by atoms with E-state index in [1.165, 1.54) is 18.4 Å². The zero-order valence-corrected chi connectivity index (χ0v) is 18.1. The van der Waals surface area contributed by atoms with Gasteiger partial charge in [0.25, 0.3) is 0 Å². The molecule has 0 bridgehead atoms. The van der Waals surface area contributed by atoms with Crippen molar-refractivity contribution in [2.75, 3.05) is 12.4 Å². The standard InChI is InChI=1S/C19H20BrN5O2S/c1-19(2,13-4-6-14(20)7-5-13)15-11-28-18(24-15)25-16(26)21-8-12-9-22-17(27-3)23-10-12/h4-7,9-11H,8H2,1-3H3,(H2,21,24,25,26). The van der Waals surface area contributed by atoms with Crippen molar-refractivity contribution < 1.29 is 9.53 Å². The van der Waals surface area contributed by atoms with Crippen LogP contribution in [0.25, 0.3) is 0 Å². The van der Waals surface area contributed by atoms with Gasteiger partial charge in [0.15, 0.2) is 5.13 Å². The number of hydrogen-bond acceptors (Lipinski definition) is 6. The van der Waals surface area contributed by atoms with E-state index in [1.54, 1.807) is 12.4 Å². The fourth-order valence-electron chi connectivity index (χ4n) is 2.50. The molecule has 0 radical (unpaired) electrons. The van der Waals surface area contributed by atoms with Gasteiger partial charge in [-0.25, -0.2) is 19.7 Å². The number of carbonyl (C=O) groups excluding carboxylic acids is 1. The van der Waals surface area contributed by atoms with Crippen molar-refractivity contribution >= 4 is 38.4 Å². The number of aromatic nitrogens is 3. The minimum Gasteiger partial charge on any atom is -0.467 e. The molecule has 0 saturated carbocycles. The van der Waals surface area contributed by atoms with Gasteiger partial charge in [-0.15, -0.1) is 11.3 Å². The first-order valence-electron chi connectivity index (χ1n) is 8.50. The second-order valence-electron chi connectivity index (χ2n) is 6.56. The van der Waals surface area contributed by atoms with Gasteiger partial charge in [0, 0.05) is 39.8 Å². The van der Waals surface area contributed by atoms with Crippen molar-refractivity contribution in [1.29, 1.82) is 0 Å². The fourth-order valence-corrected chi connectivity index (χ4v) is 3.63. The Labute approximate surface area is 175 Å². The SMILES string of the molecule is COc1ncc(CNC(=O)Nc2nc(C(C)(C)c3ccc(Br)cc3)cs2)cn1. The van der Waals surface area contributed by atoms with Crippen molar-refractivity contribution in [1.82, 2.24) is 20.3 Å². The number of halogens is 1. The molecule has 2 amide bonds. The Bertz CT molecular complexity index is 942. The van der Waals surface area contributed by atoms with E-state index >= 15 is 0 Å². The first-order chi connectivity index (χ1) is 13.4. The maximum atomic E-state index is 12.1. The Kier molecular flexibility index (Phi) is 6.25. The molecule has 2 N–H and O–H groups in total.